The van der Waals surface area contributed by atoms with Crippen LogP contribution in [0.2, 0.25) is 0 Å². The van der Waals surface area contributed by atoms with E-state index in [0.29, 0.717) is 0 Å². The number of rotatable bonds is 4. The Morgan fingerprint density at radius 1 is 1.62 bits per heavy atom. The van der Waals surface area contributed by atoms with Crippen LogP contribution >= 0.6 is 23.0 Å². The topological polar surface area (TPSA) is 50.7 Å². The van der Waals surface area contributed by atoms with E-state index in [1.54, 1.807) is 23.0 Å². The Balaban J connectivity index is 4.27. The summed E-state index contributed by atoms with van der Waals surface area (Å²) in [6.07, 6.45) is 1.46. The lowest BCUT2D eigenvalue weighted by molar-refractivity contribution is -0.117. The van der Waals surface area contributed by atoms with Crippen molar-refractivity contribution >= 4 is 35.0 Å². The summed E-state index contributed by atoms with van der Waals surface area (Å²) in [5.41, 5.74) is -0.117. The molecule has 1 N–H and O–H groups in total. The first-order valence-corrected chi connectivity index (χ1v) is 4.84. The zero-order valence-corrected chi connectivity index (χ0v) is 10.5. The Bertz CT molecular complexity index is 199. The Morgan fingerprint density at radius 3 is 2.46 bits per heavy atom. The molecule has 0 aliphatic carbocycles. The van der Waals surface area contributed by atoms with Crippen LogP contribution in [-0.2, 0) is 7.96 Å². The van der Waals surface area contributed by atoms with Crippen molar-refractivity contribution in [2.45, 2.75) is 39.3 Å². The average molecular weight is 298 g/mol. The first-order chi connectivity index (χ1) is 5.87. The van der Waals surface area contributed by atoms with Gasteiger partial charge in [0.1, 0.15) is 6.04 Å². The monoisotopic (exact) mass is 298 g/mol. The van der Waals surface area contributed by atoms with Gasteiger partial charge in [0.2, 0.25) is 23.0 Å². The molecule has 0 aromatic heterocycles. The summed E-state index contributed by atoms with van der Waals surface area (Å²) in [6, 6.07) is -0.380. The molecule has 0 aromatic rings. The van der Waals surface area contributed by atoms with Crippen LogP contribution in [0.4, 0.5) is 0 Å². The van der Waals surface area contributed by atoms with E-state index in [9.17, 15) is 4.79 Å². The highest BCUT2D eigenvalue weighted by molar-refractivity contribution is 14.1. The maximum absolute atomic E-state index is 11.1. The van der Waals surface area contributed by atoms with E-state index < -0.39 is 0 Å². The van der Waals surface area contributed by atoms with Crippen LogP contribution < -0.4 is 5.32 Å². The second-order valence-electron chi connectivity index (χ2n) is 3.81. The zero-order valence-electron chi connectivity index (χ0n) is 8.30. The molecule has 0 aliphatic rings. The van der Waals surface area contributed by atoms with Crippen LogP contribution in [0.1, 0.15) is 27.7 Å². The number of carbonyl (C=O) groups excluding carboxylic acids is 1. The van der Waals surface area contributed by atoms with Crippen LogP contribution in [-0.4, -0.2) is 23.6 Å². The predicted octanol–water partition coefficient (Wildman–Crippen LogP) is 1.68. The first-order valence-electron chi connectivity index (χ1n) is 3.96. The molecule has 0 aliphatic heterocycles. The van der Waals surface area contributed by atoms with Crippen molar-refractivity contribution in [1.29, 1.82) is 0 Å². The number of hydrogen-bond donors (Lipinski definition) is 1. The molecule has 0 spiro atoms. The number of oxime groups is 1. The van der Waals surface area contributed by atoms with Gasteiger partial charge in [0, 0.05) is 5.54 Å². The summed E-state index contributed by atoms with van der Waals surface area (Å²) in [6.45, 7) is 7.48. The lowest BCUT2D eigenvalue weighted by Crippen LogP contribution is -2.47. The van der Waals surface area contributed by atoms with Gasteiger partial charge in [0.05, 0.1) is 6.21 Å². The second kappa shape index (κ2) is 5.54. The Hall–Kier alpha value is -0.170. The molecule has 1 atom stereocenters. The van der Waals surface area contributed by atoms with E-state index in [0.717, 1.165) is 0 Å². The normalized spacial score (nSPS) is 14.5. The van der Waals surface area contributed by atoms with E-state index >= 15 is 0 Å². The number of ketones is 1. The number of nitrogens with zero attached hydrogens (tertiary/aromatic N) is 1. The van der Waals surface area contributed by atoms with Gasteiger partial charge in [-0.1, -0.05) is 5.16 Å². The van der Waals surface area contributed by atoms with E-state index in [1.165, 1.54) is 13.1 Å². The molecule has 0 fully saturated rings. The molecule has 0 saturated heterocycles. The van der Waals surface area contributed by atoms with Crippen molar-refractivity contribution in [1.82, 2.24) is 5.32 Å². The van der Waals surface area contributed by atoms with E-state index in [2.05, 4.69) is 13.6 Å². The molecule has 1 unspecified atom stereocenters. The smallest absolute Gasteiger partial charge is 0.230 e. The van der Waals surface area contributed by atoms with Gasteiger partial charge in [-0.05, 0) is 27.7 Å². The summed E-state index contributed by atoms with van der Waals surface area (Å²) >= 11 is 1.64. The zero-order chi connectivity index (χ0) is 10.5. The van der Waals surface area contributed by atoms with Crippen LogP contribution in [0.15, 0.2) is 5.16 Å². The quantitative estimate of drug-likeness (QED) is 0.488. The Morgan fingerprint density at radius 2 is 2.15 bits per heavy atom. The Kier molecular flexibility index (Phi) is 5.46. The maximum atomic E-state index is 11.1. The second-order valence-corrected chi connectivity index (χ2v) is 4.20. The third-order valence-corrected chi connectivity index (χ3v) is 1.50. The summed E-state index contributed by atoms with van der Waals surface area (Å²) in [4.78, 5) is 11.1. The minimum atomic E-state index is -0.380. The standard InChI is InChI=1S/C8H15IN2O2/c1-6(12)7(5-10-13-9)11-8(2,3)4/h5,7,11H,1-4H3. The summed E-state index contributed by atoms with van der Waals surface area (Å²) in [5, 5.41) is 6.66. The molecule has 0 rings (SSSR count). The lowest BCUT2D eigenvalue weighted by Gasteiger charge is -2.24. The fourth-order valence-corrected chi connectivity index (χ4v) is 0.926. The largest absolute Gasteiger partial charge is 0.327 e. The van der Waals surface area contributed by atoms with Crippen molar-refractivity contribution in [3.63, 3.8) is 0 Å². The molecular formula is C8H15IN2O2. The van der Waals surface area contributed by atoms with Gasteiger partial charge in [0.15, 0.2) is 5.78 Å². The minimum Gasteiger partial charge on any atom is -0.327 e. The molecule has 0 saturated carbocycles. The number of carbonyl (C=O) groups is 1. The molecule has 0 heterocycles. The summed E-state index contributed by atoms with van der Waals surface area (Å²) in [7, 11) is 0. The third-order valence-electron chi connectivity index (χ3n) is 1.28. The van der Waals surface area contributed by atoms with Gasteiger partial charge in [0.25, 0.3) is 0 Å². The average Bonchev–Trinajstić information content (AvgIpc) is 1.95. The fourth-order valence-electron chi connectivity index (χ4n) is 0.794. The predicted molar refractivity (Wildman–Crippen MR) is 61.0 cm³/mol. The van der Waals surface area contributed by atoms with E-state index in [1.807, 2.05) is 20.8 Å². The van der Waals surface area contributed by atoms with Crippen molar-refractivity contribution in [3.05, 3.63) is 0 Å². The molecule has 13 heavy (non-hydrogen) atoms. The van der Waals surface area contributed by atoms with Crippen LogP contribution in [0, 0.1) is 0 Å². The van der Waals surface area contributed by atoms with E-state index in [-0.39, 0.29) is 17.4 Å². The third kappa shape index (κ3) is 6.94. The van der Waals surface area contributed by atoms with E-state index in [4.69, 9.17) is 0 Å². The molecule has 4 nitrogen and oxygen atoms in total. The fraction of sp³-hybridized carbons (Fsp3) is 0.750. The minimum absolute atomic E-state index is 0.0205. The molecule has 76 valence electrons. The highest BCUT2D eigenvalue weighted by atomic mass is 127. The van der Waals surface area contributed by atoms with Crippen molar-refractivity contribution < 1.29 is 7.96 Å². The summed E-state index contributed by atoms with van der Waals surface area (Å²) in [5.74, 6) is 0.0205. The number of nitrogens with one attached hydrogen (secondary N) is 1. The van der Waals surface area contributed by atoms with Crippen LogP contribution in [0.5, 0.6) is 0 Å². The Labute approximate surface area is 92.8 Å². The van der Waals surface area contributed by atoms with Crippen molar-refractivity contribution in [2.75, 3.05) is 0 Å². The van der Waals surface area contributed by atoms with Gasteiger partial charge in [-0.3, -0.25) is 10.1 Å². The van der Waals surface area contributed by atoms with Crippen LogP contribution in [0.25, 0.3) is 0 Å². The van der Waals surface area contributed by atoms with Gasteiger partial charge >= 0.3 is 0 Å². The number of Topliss-reactive ketones (excluding diaryl/α,β-unsaturated/α-hetero) is 1. The molecule has 0 aromatic carbocycles. The maximum Gasteiger partial charge on any atom is 0.230 e. The summed E-state index contributed by atoms with van der Waals surface area (Å²) < 4.78 is 4.48. The van der Waals surface area contributed by atoms with Crippen LogP contribution in [0.3, 0.4) is 0 Å². The van der Waals surface area contributed by atoms with Crippen molar-refractivity contribution in [3.8, 4) is 0 Å². The molecule has 0 bridgehead atoms. The van der Waals surface area contributed by atoms with Gasteiger partial charge < -0.3 is 3.17 Å². The molecule has 5 heteroatoms. The highest BCUT2D eigenvalue weighted by Gasteiger charge is 2.19. The first kappa shape index (κ1) is 12.8. The highest BCUT2D eigenvalue weighted by Crippen LogP contribution is 2.01. The SMILES string of the molecule is CC(=O)C(C=NOI)NC(C)(C)C. The van der Waals surface area contributed by atoms with Crippen molar-refractivity contribution in [2.24, 2.45) is 5.16 Å². The molecular weight excluding hydrogens is 283 g/mol. The molecule has 0 radical (unpaired) electrons. The van der Waals surface area contributed by atoms with Gasteiger partial charge in [-0.25, -0.2) is 0 Å². The lowest BCUT2D eigenvalue weighted by atomic mass is 10.1. The number of halogens is 1. The molecule has 0 amide bonds. The number of hydrogen-bond acceptors (Lipinski definition) is 4. The van der Waals surface area contributed by atoms with Gasteiger partial charge in [-0.15, -0.1) is 0 Å². The van der Waals surface area contributed by atoms with Gasteiger partial charge in [-0.2, -0.15) is 0 Å².